The van der Waals surface area contributed by atoms with E-state index >= 15 is 0 Å². The Hall–Kier alpha value is -0.880. The molecule has 1 saturated heterocycles. The number of halogens is 1. The van der Waals surface area contributed by atoms with Gasteiger partial charge in [0.2, 0.25) is 10.0 Å². The zero-order chi connectivity index (χ0) is 15.5. The van der Waals surface area contributed by atoms with Gasteiger partial charge in [0, 0.05) is 29.6 Å². The molecule has 0 spiro atoms. The predicted octanol–water partition coefficient (Wildman–Crippen LogP) is 2.70. The monoisotopic (exact) mass is 328 g/mol. The fraction of sp³-hybridized carbons (Fsp3) is 0.467. The van der Waals surface area contributed by atoms with E-state index in [-0.39, 0.29) is 12.0 Å². The van der Waals surface area contributed by atoms with Gasteiger partial charge >= 0.3 is 0 Å². The van der Waals surface area contributed by atoms with Crippen LogP contribution in [-0.4, -0.2) is 31.9 Å². The second-order valence-electron chi connectivity index (χ2n) is 5.38. The van der Waals surface area contributed by atoms with Gasteiger partial charge in [-0.2, -0.15) is 4.31 Å². The summed E-state index contributed by atoms with van der Waals surface area (Å²) in [5, 5.41) is 1.89. The Bertz CT molecular complexity index is 599. The highest BCUT2D eigenvalue weighted by atomic mass is 35.5. The number of hydrogen-bond acceptors (Lipinski definition) is 3. The first-order chi connectivity index (χ1) is 9.92. The fourth-order valence-electron chi connectivity index (χ4n) is 2.50. The van der Waals surface area contributed by atoms with Crippen molar-refractivity contribution in [2.75, 3.05) is 13.1 Å². The van der Waals surface area contributed by atoms with Crippen LogP contribution in [0, 0.1) is 5.92 Å². The van der Waals surface area contributed by atoms with Crippen molar-refractivity contribution >= 4 is 27.7 Å². The lowest BCUT2D eigenvalue weighted by Crippen LogP contribution is -2.48. The summed E-state index contributed by atoms with van der Waals surface area (Å²) in [6.07, 6.45) is 3.21. The summed E-state index contributed by atoms with van der Waals surface area (Å²) in [4.78, 5) is 0. The molecule has 2 atom stereocenters. The van der Waals surface area contributed by atoms with Crippen LogP contribution in [-0.2, 0) is 10.0 Å². The summed E-state index contributed by atoms with van der Waals surface area (Å²) >= 11 is 5.81. The SMILES string of the molecule is CCC1CN(S(=O)(=O)/C=C/c2ccc(Cl)cc2)CCC1N. The normalized spacial score (nSPS) is 24.5. The van der Waals surface area contributed by atoms with E-state index in [0.717, 1.165) is 12.0 Å². The van der Waals surface area contributed by atoms with E-state index in [2.05, 4.69) is 0 Å². The summed E-state index contributed by atoms with van der Waals surface area (Å²) < 4.78 is 26.3. The molecule has 1 heterocycles. The minimum atomic E-state index is -3.39. The first-order valence-electron chi connectivity index (χ1n) is 7.11. The zero-order valence-electron chi connectivity index (χ0n) is 12.1. The van der Waals surface area contributed by atoms with E-state index in [4.69, 9.17) is 17.3 Å². The van der Waals surface area contributed by atoms with Crippen molar-refractivity contribution in [1.82, 2.24) is 4.31 Å². The molecular weight excluding hydrogens is 308 g/mol. The van der Waals surface area contributed by atoms with Gasteiger partial charge in [-0.15, -0.1) is 0 Å². The van der Waals surface area contributed by atoms with Gasteiger partial charge in [-0.3, -0.25) is 0 Å². The molecule has 6 heteroatoms. The molecule has 0 bridgehead atoms. The van der Waals surface area contributed by atoms with Crippen LogP contribution in [0.5, 0.6) is 0 Å². The van der Waals surface area contributed by atoms with Crippen LogP contribution in [0.4, 0.5) is 0 Å². The Morgan fingerprint density at radius 3 is 2.67 bits per heavy atom. The zero-order valence-corrected chi connectivity index (χ0v) is 13.6. The van der Waals surface area contributed by atoms with Gasteiger partial charge in [-0.1, -0.05) is 37.1 Å². The standard InChI is InChI=1S/C15H21ClN2O2S/c1-2-13-11-18(9-7-15(13)17)21(19,20)10-8-12-3-5-14(16)6-4-12/h3-6,8,10,13,15H,2,7,9,11,17H2,1H3/b10-8+. The van der Waals surface area contributed by atoms with E-state index in [1.54, 1.807) is 30.3 Å². The summed E-state index contributed by atoms with van der Waals surface area (Å²) in [7, 11) is -3.39. The maximum atomic E-state index is 12.4. The average molecular weight is 329 g/mol. The van der Waals surface area contributed by atoms with E-state index in [1.165, 1.54) is 9.71 Å². The first kappa shape index (κ1) is 16.5. The molecular formula is C15H21ClN2O2S. The Morgan fingerprint density at radius 1 is 1.38 bits per heavy atom. The molecule has 1 aromatic carbocycles. The average Bonchev–Trinajstić information content (AvgIpc) is 2.47. The molecule has 1 fully saturated rings. The van der Waals surface area contributed by atoms with Crippen LogP contribution in [0.2, 0.25) is 5.02 Å². The van der Waals surface area contributed by atoms with Crippen molar-refractivity contribution in [3.05, 3.63) is 40.3 Å². The summed E-state index contributed by atoms with van der Waals surface area (Å²) in [6.45, 7) is 3.04. The fourth-order valence-corrected chi connectivity index (χ4v) is 3.89. The lowest BCUT2D eigenvalue weighted by atomic mass is 9.92. The molecule has 0 radical (unpaired) electrons. The van der Waals surface area contributed by atoms with Crippen molar-refractivity contribution in [1.29, 1.82) is 0 Å². The number of rotatable bonds is 4. The highest BCUT2D eigenvalue weighted by molar-refractivity contribution is 7.92. The molecule has 1 aliphatic heterocycles. The molecule has 2 N–H and O–H groups in total. The number of nitrogens with two attached hydrogens (primary N) is 1. The summed E-state index contributed by atoms with van der Waals surface area (Å²) in [5.41, 5.74) is 6.83. The quantitative estimate of drug-likeness (QED) is 0.924. The first-order valence-corrected chi connectivity index (χ1v) is 9.00. The highest BCUT2D eigenvalue weighted by Gasteiger charge is 2.30. The molecule has 1 aromatic rings. The molecule has 0 saturated carbocycles. The minimum Gasteiger partial charge on any atom is -0.327 e. The Balaban J connectivity index is 2.09. The number of piperidine rings is 1. The van der Waals surface area contributed by atoms with Gasteiger partial charge in [0.15, 0.2) is 0 Å². The van der Waals surface area contributed by atoms with Crippen molar-refractivity contribution in [2.24, 2.45) is 11.7 Å². The predicted molar refractivity (Wildman–Crippen MR) is 87.4 cm³/mol. The van der Waals surface area contributed by atoms with Crippen molar-refractivity contribution < 1.29 is 8.42 Å². The Labute approximate surface area is 131 Å². The van der Waals surface area contributed by atoms with Gasteiger partial charge in [-0.25, -0.2) is 8.42 Å². The van der Waals surface area contributed by atoms with Crippen LogP contribution >= 0.6 is 11.6 Å². The van der Waals surface area contributed by atoms with E-state index in [9.17, 15) is 8.42 Å². The Morgan fingerprint density at radius 2 is 2.05 bits per heavy atom. The maximum Gasteiger partial charge on any atom is 0.236 e. The number of hydrogen-bond donors (Lipinski definition) is 1. The Kier molecular flexibility index (Phi) is 5.43. The molecule has 2 unspecified atom stereocenters. The molecule has 2 rings (SSSR count). The maximum absolute atomic E-state index is 12.4. The van der Waals surface area contributed by atoms with Gasteiger partial charge in [-0.05, 0) is 36.1 Å². The third kappa shape index (κ3) is 4.30. The van der Waals surface area contributed by atoms with Crippen molar-refractivity contribution in [2.45, 2.75) is 25.8 Å². The lowest BCUT2D eigenvalue weighted by molar-refractivity contribution is 0.232. The number of nitrogens with zero attached hydrogens (tertiary/aromatic N) is 1. The van der Waals surface area contributed by atoms with Crippen LogP contribution in [0.3, 0.4) is 0 Å². The molecule has 0 aromatic heterocycles. The molecule has 0 aliphatic carbocycles. The molecule has 0 amide bonds. The molecule has 21 heavy (non-hydrogen) atoms. The van der Waals surface area contributed by atoms with Gasteiger partial charge in [0.1, 0.15) is 0 Å². The smallest absolute Gasteiger partial charge is 0.236 e. The number of sulfonamides is 1. The topological polar surface area (TPSA) is 63.4 Å². The van der Waals surface area contributed by atoms with Gasteiger partial charge in [0.25, 0.3) is 0 Å². The van der Waals surface area contributed by atoms with Crippen LogP contribution in [0.1, 0.15) is 25.3 Å². The second-order valence-corrected chi connectivity index (χ2v) is 7.63. The van der Waals surface area contributed by atoms with Crippen LogP contribution in [0.25, 0.3) is 6.08 Å². The van der Waals surface area contributed by atoms with E-state index in [0.29, 0.717) is 24.5 Å². The summed E-state index contributed by atoms with van der Waals surface area (Å²) in [5.74, 6) is 0.234. The van der Waals surface area contributed by atoms with E-state index < -0.39 is 10.0 Å². The second kappa shape index (κ2) is 6.92. The molecule has 116 valence electrons. The number of benzene rings is 1. The molecule has 1 aliphatic rings. The van der Waals surface area contributed by atoms with E-state index in [1.807, 2.05) is 6.92 Å². The summed E-state index contributed by atoms with van der Waals surface area (Å²) in [6, 6.07) is 7.15. The minimum absolute atomic E-state index is 0.0988. The largest absolute Gasteiger partial charge is 0.327 e. The lowest BCUT2D eigenvalue weighted by Gasteiger charge is -2.34. The van der Waals surface area contributed by atoms with Gasteiger partial charge < -0.3 is 5.73 Å². The third-order valence-corrected chi connectivity index (χ3v) is 5.73. The van der Waals surface area contributed by atoms with Crippen LogP contribution < -0.4 is 5.73 Å². The third-order valence-electron chi connectivity index (χ3n) is 3.94. The highest BCUT2D eigenvalue weighted by Crippen LogP contribution is 2.22. The van der Waals surface area contributed by atoms with Crippen molar-refractivity contribution in [3.8, 4) is 0 Å². The van der Waals surface area contributed by atoms with Crippen LogP contribution in [0.15, 0.2) is 29.7 Å². The van der Waals surface area contributed by atoms with Crippen molar-refractivity contribution in [3.63, 3.8) is 0 Å². The van der Waals surface area contributed by atoms with Gasteiger partial charge in [0.05, 0.1) is 0 Å². The molecule has 4 nitrogen and oxygen atoms in total.